The van der Waals surface area contributed by atoms with Crippen LogP contribution in [0.15, 0.2) is 12.1 Å². The lowest BCUT2D eigenvalue weighted by atomic mass is 10.1. The molecule has 0 aromatic heterocycles. The predicted molar refractivity (Wildman–Crippen MR) is 74.0 cm³/mol. The Kier molecular flexibility index (Phi) is 4.59. The van der Waals surface area contributed by atoms with Crippen LogP contribution in [0.3, 0.4) is 0 Å². The zero-order valence-electron chi connectivity index (χ0n) is 11.8. The molecule has 1 heterocycles. The van der Waals surface area contributed by atoms with Crippen LogP contribution >= 0.6 is 0 Å². The van der Waals surface area contributed by atoms with Crippen molar-refractivity contribution in [3.8, 4) is 5.75 Å². The van der Waals surface area contributed by atoms with Crippen LogP contribution in [-0.2, 0) is 9.47 Å². The maximum atomic E-state index is 11.8. The van der Waals surface area contributed by atoms with E-state index >= 15 is 0 Å². The number of morpholine rings is 1. The van der Waals surface area contributed by atoms with E-state index in [4.69, 9.17) is 9.47 Å². The number of esters is 1. The Bertz CT molecular complexity index is 554. The minimum absolute atomic E-state index is 0.0377. The van der Waals surface area contributed by atoms with Crippen LogP contribution in [-0.4, -0.2) is 51.4 Å². The number of hydrogen-bond acceptors (Lipinski definition) is 7. The van der Waals surface area contributed by atoms with Gasteiger partial charge in [0.2, 0.25) is 5.75 Å². The molecule has 1 fully saturated rings. The minimum atomic E-state index is -0.676. The molecule has 0 unspecified atom stereocenters. The number of ether oxygens (including phenoxy) is 3. The molecule has 8 nitrogen and oxygen atoms in total. The zero-order chi connectivity index (χ0) is 15.4. The highest BCUT2D eigenvalue weighted by atomic mass is 16.6. The summed E-state index contributed by atoms with van der Waals surface area (Å²) < 4.78 is 14.9. The number of nitro groups is 1. The molecule has 0 N–H and O–H groups in total. The summed E-state index contributed by atoms with van der Waals surface area (Å²) in [6, 6.07) is 2.94. The first-order valence-corrected chi connectivity index (χ1v) is 6.36. The first kappa shape index (κ1) is 15.0. The number of rotatable bonds is 4. The van der Waals surface area contributed by atoms with Crippen molar-refractivity contribution in [2.45, 2.75) is 0 Å². The van der Waals surface area contributed by atoms with E-state index in [1.807, 2.05) is 4.90 Å². The molecule has 0 radical (unpaired) electrons. The second-order valence-electron chi connectivity index (χ2n) is 4.39. The molecule has 0 saturated carbocycles. The quantitative estimate of drug-likeness (QED) is 0.468. The molecule has 2 rings (SSSR count). The lowest BCUT2D eigenvalue weighted by molar-refractivity contribution is -0.385. The Morgan fingerprint density at radius 3 is 2.52 bits per heavy atom. The second-order valence-corrected chi connectivity index (χ2v) is 4.39. The fraction of sp³-hybridized carbons (Fsp3) is 0.462. The van der Waals surface area contributed by atoms with Gasteiger partial charge in [-0.2, -0.15) is 0 Å². The van der Waals surface area contributed by atoms with Crippen molar-refractivity contribution >= 4 is 17.3 Å². The van der Waals surface area contributed by atoms with E-state index in [0.717, 1.165) is 0 Å². The van der Waals surface area contributed by atoms with E-state index in [9.17, 15) is 14.9 Å². The van der Waals surface area contributed by atoms with Gasteiger partial charge in [0.1, 0.15) is 5.56 Å². The Morgan fingerprint density at radius 1 is 1.33 bits per heavy atom. The molecule has 1 aromatic rings. The molecule has 1 aliphatic rings. The molecule has 1 saturated heterocycles. The molecular weight excluding hydrogens is 280 g/mol. The van der Waals surface area contributed by atoms with Gasteiger partial charge in [-0.3, -0.25) is 10.1 Å². The third-order valence-corrected chi connectivity index (χ3v) is 3.24. The number of carbonyl (C=O) groups is 1. The third kappa shape index (κ3) is 3.05. The van der Waals surface area contributed by atoms with Crippen molar-refractivity contribution in [2.75, 3.05) is 45.4 Å². The van der Waals surface area contributed by atoms with Crippen LogP contribution < -0.4 is 9.64 Å². The van der Waals surface area contributed by atoms with Crippen molar-refractivity contribution in [1.82, 2.24) is 0 Å². The monoisotopic (exact) mass is 296 g/mol. The largest absolute Gasteiger partial charge is 0.490 e. The van der Waals surface area contributed by atoms with Crippen LogP contribution in [0.4, 0.5) is 11.4 Å². The normalized spacial score (nSPS) is 14.7. The third-order valence-electron chi connectivity index (χ3n) is 3.24. The molecule has 0 amide bonds. The van der Waals surface area contributed by atoms with Crippen LogP contribution in [0.5, 0.6) is 5.75 Å². The van der Waals surface area contributed by atoms with Gasteiger partial charge in [-0.05, 0) is 6.07 Å². The van der Waals surface area contributed by atoms with Crippen molar-refractivity contribution in [3.63, 3.8) is 0 Å². The number of hydrogen-bond donors (Lipinski definition) is 0. The van der Waals surface area contributed by atoms with E-state index in [1.54, 1.807) is 6.07 Å². The van der Waals surface area contributed by atoms with Gasteiger partial charge in [-0.25, -0.2) is 4.79 Å². The van der Waals surface area contributed by atoms with E-state index in [1.165, 1.54) is 20.3 Å². The SMILES string of the molecule is COC(=O)c1cc(N2CCOCC2)cc([N+](=O)[O-])c1OC. The Morgan fingerprint density at radius 2 is 2.00 bits per heavy atom. The number of carbonyl (C=O) groups excluding carboxylic acids is 1. The summed E-state index contributed by atoms with van der Waals surface area (Å²) in [5, 5.41) is 11.2. The van der Waals surface area contributed by atoms with E-state index in [-0.39, 0.29) is 17.0 Å². The predicted octanol–water partition coefficient (Wildman–Crippen LogP) is 1.23. The summed E-state index contributed by atoms with van der Waals surface area (Å²) in [6.07, 6.45) is 0. The molecule has 1 aromatic carbocycles. The lowest BCUT2D eigenvalue weighted by Crippen LogP contribution is -2.36. The van der Waals surface area contributed by atoms with Gasteiger partial charge in [-0.15, -0.1) is 0 Å². The molecule has 0 spiro atoms. The maximum Gasteiger partial charge on any atom is 0.341 e. The topological polar surface area (TPSA) is 91.1 Å². The summed E-state index contributed by atoms with van der Waals surface area (Å²) in [7, 11) is 2.50. The number of benzene rings is 1. The van der Waals surface area contributed by atoms with Crippen molar-refractivity contribution in [2.24, 2.45) is 0 Å². The minimum Gasteiger partial charge on any atom is -0.490 e. The van der Waals surface area contributed by atoms with Crippen LogP contribution in [0, 0.1) is 10.1 Å². The van der Waals surface area contributed by atoms with Gasteiger partial charge in [0, 0.05) is 24.8 Å². The molecule has 114 valence electrons. The molecule has 0 bridgehead atoms. The van der Waals surface area contributed by atoms with Gasteiger partial charge in [0.25, 0.3) is 0 Å². The molecule has 0 aliphatic carbocycles. The first-order chi connectivity index (χ1) is 10.1. The van der Waals surface area contributed by atoms with E-state index in [0.29, 0.717) is 32.0 Å². The fourth-order valence-corrected chi connectivity index (χ4v) is 2.21. The van der Waals surface area contributed by atoms with Crippen LogP contribution in [0.1, 0.15) is 10.4 Å². The summed E-state index contributed by atoms with van der Waals surface area (Å²) >= 11 is 0. The van der Waals surface area contributed by atoms with Gasteiger partial charge >= 0.3 is 11.7 Å². The summed E-state index contributed by atoms with van der Waals surface area (Å²) in [6.45, 7) is 2.27. The maximum absolute atomic E-state index is 11.8. The second kappa shape index (κ2) is 6.40. The first-order valence-electron chi connectivity index (χ1n) is 6.36. The molecule has 1 aliphatic heterocycles. The Hall–Kier alpha value is -2.35. The average Bonchev–Trinajstić information content (AvgIpc) is 2.53. The number of methoxy groups -OCH3 is 2. The van der Waals surface area contributed by atoms with Gasteiger partial charge in [-0.1, -0.05) is 0 Å². The van der Waals surface area contributed by atoms with Gasteiger partial charge < -0.3 is 19.1 Å². The Labute approximate surface area is 121 Å². The van der Waals surface area contributed by atoms with Crippen molar-refractivity contribution in [3.05, 3.63) is 27.8 Å². The van der Waals surface area contributed by atoms with E-state index < -0.39 is 10.9 Å². The molecular formula is C13H16N2O6. The summed E-state index contributed by atoms with van der Waals surface area (Å²) in [5.74, 6) is -0.770. The highest BCUT2D eigenvalue weighted by Crippen LogP contribution is 2.36. The fourth-order valence-electron chi connectivity index (χ4n) is 2.21. The van der Waals surface area contributed by atoms with Gasteiger partial charge in [0.15, 0.2) is 0 Å². The molecule has 21 heavy (non-hydrogen) atoms. The van der Waals surface area contributed by atoms with Crippen molar-refractivity contribution in [1.29, 1.82) is 0 Å². The van der Waals surface area contributed by atoms with Crippen LogP contribution in [0.2, 0.25) is 0 Å². The van der Waals surface area contributed by atoms with Crippen LogP contribution in [0.25, 0.3) is 0 Å². The number of nitro benzene ring substituents is 1. The van der Waals surface area contributed by atoms with Crippen molar-refractivity contribution < 1.29 is 23.9 Å². The summed E-state index contributed by atoms with van der Waals surface area (Å²) in [4.78, 5) is 24.4. The molecule has 8 heteroatoms. The number of nitrogens with zero attached hydrogens (tertiary/aromatic N) is 2. The van der Waals surface area contributed by atoms with E-state index in [2.05, 4.69) is 4.74 Å². The smallest absolute Gasteiger partial charge is 0.341 e. The Balaban J connectivity index is 2.53. The highest BCUT2D eigenvalue weighted by Gasteiger charge is 2.27. The lowest BCUT2D eigenvalue weighted by Gasteiger charge is -2.29. The summed E-state index contributed by atoms with van der Waals surface area (Å²) in [5.41, 5.74) is 0.351. The standard InChI is InChI=1S/C13H16N2O6/c1-19-12-10(13(16)20-2)7-9(8-11(12)15(17)18)14-3-5-21-6-4-14/h7-8H,3-6H2,1-2H3. The highest BCUT2D eigenvalue weighted by molar-refractivity contribution is 5.95. The van der Waals surface area contributed by atoms with Gasteiger partial charge in [0.05, 0.1) is 32.4 Å². The molecule has 0 atom stereocenters. The zero-order valence-corrected chi connectivity index (χ0v) is 11.8. The average molecular weight is 296 g/mol. The number of anilines is 1.